The zero-order chi connectivity index (χ0) is 47.3. The number of anilines is 2. The van der Waals surface area contributed by atoms with Gasteiger partial charge in [0.2, 0.25) is 0 Å². The summed E-state index contributed by atoms with van der Waals surface area (Å²) < 4.78 is 15.3. The number of hydrogen-bond donors (Lipinski definition) is 0. The molecule has 1 aliphatic rings. The van der Waals surface area contributed by atoms with Crippen molar-refractivity contribution in [2.24, 2.45) is 0 Å². The average Bonchev–Trinajstić information content (AvgIpc) is 3.95. The fraction of sp³-hybridized carbons (Fsp3) is 0.127. The monoisotopic (exact) mass is 1090 g/mol. The van der Waals surface area contributed by atoms with Gasteiger partial charge in [-0.15, -0.1) is 47.1 Å². The van der Waals surface area contributed by atoms with Gasteiger partial charge in [0.05, 0.1) is 13.8 Å². The van der Waals surface area contributed by atoms with Crippen LogP contribution in [0.3, 0.4) is 0 Å². The van der Waals surface area contributed by atoms with Crippen LogP contribution in [0.25, 0.3) is 71.2 Å². The first-order valence-electron chi connectivity index (χ1n) is 24.0. The second kappa shape index (κ2) is 19.1. The fourth-order valence-electron chi connectivity index (χ4n) is 9.79. The van der Waals surface area contributed by atoms with E-state index in [0.717, 1.165) is 84.3 Å². The van der Waals surface area contributed by atoms with Crippen LogP contribution in [0.2, 0.25) is 19.6 Å². The Hall–Kier alpha value is -7.08. The molecule has 0 N–H and O–H groups in total. The van der Waals surface area contributed by atoms with Crippen LogP contribution in [0, 0.1) is 12.1 Å². The molecule has 1 atom stereocenters. The number of hydrogen-bond acceptors (Lipinski definition) is 3. The first-order chi connectivity index (χ1) is 33.5. The summed E-state index contributed by atoms with van der Waals surface area (Å²) in [5.74, 6) is -0.609. The van der Waals surface area contributed by atoms with Crippen molar-refractivity contribution in [1.29, 1.82) is 0 Å². The van der Waals surface area contributed by atoms with E-state index in [2.05, 4.69) is 205 Å². The summed E-state index contributed by atoms with van der Waals surface area (Å²) in [5.41, 5.74) is 13.6. The summed E-state index contributed by atoms with van der Waals surface area (Å²) in [6, 6.07) is 74.9. The number of benzene rings is 9. The SMILES string of the molecule is [2H]C(C)(C)c1cc(-c2[c-]cccc2)ncc1[Si](C)(C)C.[Ir+3].[c-]1ccc2c(oc3cc(Cc4ccccc4)ccc32)c1C1[N-]c2c(ccc3ccccc23)N1c1c(-c2ccccc2)ccc2ccccc12. The molecule has 338 valence electrons. The van der Waals surface area contributed by atoms with Gasteiger partial charge in [-0.3, -0.25) is 0 Å². The molecule has 6 heteroatoms. The van der Waals surface area contributed by atoms with E-state index in [9.17, 15) is 0 Å². The van der Waals surface area contributed by atoms with Crippen molar-refractivity contribution in [1.82, 2.24) is 4.98 Å². The minimum atomic E-state index is -1.50. The molecule has 12 rings (SSSR count). The minimum Gasteiger partial charge on any atom is -0.660 e. The molecule has 0 fully saturated rings. The molecule has 0 aliphatic carbocycles. The Labute approximate surface area is 421 Å². The number of rotatable bonds is 8. The Morgan fingerprint density at radius 3 is 2.10 bits per heavy atom. The van der Waals surface area contributed by atoms with Crippen molar-refractivity contribution >= 4 is 73.8 Å². The summed E-state index contributed by atoms with van der Waals surface area (Å²) in [4.78, 5) is 7.03. The van der Waals surface area contributed by atoms with Crippen LogP contribution in [0.5, 0.6) is 0 Å². The smallest absolute Gasteiger partial charge is 0.660 e. The van der Waals surface area contributed by atoms with Gasteiger partial charge in [0, 0.05) is 35.2 Å². The summed E-state index contributed by atoms with van der Waals surface area (Å²) in [6.07, 6.45) is 2.43. The third-order valence-electron chi connectivity index (χ3n) is 13.1. The van der Waals surface area contributed by atoms with Gasteiger partial charge < -0.3 is 19.6 Å². The van der Waals surface area contributed by atoms with E-state index in [1.807, 2.05) is 50.4 Å². The molecule has 0 bridgehead atoms. The molecule has 0 saturated carbocycles. The minimum absolute atomic E-state index is 0. The van der Waals surface area contributed by atoms with Gasteiger partial charge in [-0.05, 0) is 74.3 Å². The number of nitrogens with zero attached hydrogens (tertiary/aromatic N) is 3. The maximum absolute atomic E-state index is 8.44. The standard InChI is InChI=1S/C46H30N2O.C17H22NSi.Ir/c1-3-12-30(13-4-1)28-31-22-25-38-39-20-11-21-40(45(39)49-42(38)29-31)46-47-43-35-18-9-7-16-33(35)24-27-41(43)48(46)44-36-19-10-8-17-34(36)23-26-37(44)32-14-5-2-6-15-32;1-13(2)15-11-16(14-9-7-6-8-10-14)18-12-17(15)19(3,4)5;/h1-20,22-27,29,46H,28H2;6-9,11-13H,1-5H3;/q-2;-1;+3/i;13D;. The zero-order valence-corrected chi connectivity index (χ0v) is 42.8. The van der Waals surface area contributed by atoms with Crippen LogP contribution in [-0.4, -0.2) is 13.1 Å². The predicted octanol–water partition coefficient (Wildman–Crippen LogP) is 17.0. The molecule has 0 radical (unpaired) electrons. The fourth-order valence-corrected chi connectivity index (χ4v) is 11.4. The van der Waals surface area contributed by atoms with Gasteiger partial charge in [-0.25, -0.2) is 0 Å². The third kappa shape index (κ3) is 8.81. The first-order valence-corrected chi connectivity index (χ1v) is 27.0. The molecule has 3 heterocycles. The molecule has 0 spiro atoms. The van der Waals surface area contributed by atoms with E-state index < -0.39 is 20.1 Å². The molecule has 69 heavy (non-hydrogen) atoms. The molecular weight excluding hydrogens is 1040 g/mol. The quantitative estimate of drug-likeness (QED) is 0.112. The Morgan fingerprint density at radius 1 is 0.667 bits per heavy atom. The van der Waals surface area contributed by atoms with E-state index in [1.54, 1.807) is 0 Å². The zero-order valence-electron chi connectivity index (χ0n) is 40.4. The van der Waals surface area contributed by atoms with E-state index in [0.29, 0.717) is 0 Å². The molecule has 2 aromatic heterocycles. The average molecular weight is 1090 g/mol. The van der Waals surface area contributed by atoms with E-state index in [-0.39, 0.29) is 20.1 Å². The summed E-state index contributed by atoms with van der Waals surface area (Å²) in [6.45, 7) is 10.8. The van der Waals surface area contributed by atoms with Gasteiger partial charge >= 0.3 is 20.1 Å². The van der Waals surface area contributed by atoms with E-state index in [4.69, 9.17) is 11.1 Å². The largest absolute Gasteiger partial charge is 3.00 e. The molecule has 0 amide bonds. The summed E-state index contributed by atoms with van der Waals surface area (Å²) in [5, 5.41) is 13.7. The maximum atomic E-state index is 8.44. The first kappa shape index (κ1) is 44.4. The van der Waals surface area contributed by atoms with Crippen LogP contribution >= 0.6 is 0 Å². The summed E-state index contributed by atoms with van der Waals surface area (Å²) >= 11 is 0. The number of pyridine rings is 1. The topological polar surface area (TPSA) is 43.4 Å². The molecule has 1 unspecified atom stereocenters. The Balaban J connectivity index is 0.000000229. The van der Waals surface area contributed by atoms with E-state index >= 15 is 0 Å². The number of aromatic nitrogens is 1. The van der Waals surface area contributed by atoms with Crippen molar-refractivity contribution in [2.75, 3.05) is 4.90 Å². The van der Waals surface area contributed by atoms with Crippen LogP contribution in [0.15, 0.2) is 205 Å². The van der Waals surface area contributed by atoms with Gasteiger partial charge in [0.25, 0.3) is 0 Å². The Kier molecular flexibility index (Phi) is 12.3. The van der Waals surface area contributed by atoms with Crippen LogP contribution in [0.4, 0.5) is 17.1 Å². The molecule has 4 nitrogen and oxygen atoms in total. The number of fused-ring (bicyclic) bond motifs is 7. The van der Waals surface area contributed by atoms with Crippen molar-refractivity contribution in [3.63, 3.8) is 0 Å². The van der Waals surface area contributed by atoms with Gasteiger partial charge in [-0.1, -0.05) is 190 Å². The molecule has 9 aromatic carbocycles. The molecule has 0 saturated heterocycles. The second-order valence-corrected chi connectivity index (χ2v) is 24.0. The predicted molar refractivity (Wildman–Crippen MR) is 289 cm³/mol. The Bertz CT molecular complexity index is 3660. The van der Waals surface area contributed by atoms with Gasteiger partial charge in [0.15, 0.2) is 0 Å². The van der Waals surface area contributed by atoms with Crippen molar-refractivity contribution < 1.29 is 25.9 Å². The van der Waals surface area contributed by atoms with Gasteiger partial charge in [0.1, 0.15) is 5.58 Å². The van der Waals surface area contributed by atoms with Crippen LogP contribution in [0.1, 0.15) is 49.5 Å². The van der Waals surface area contributed by atoms with Crippen molar-refractivity contribution in [3.8, 4) is 22.4 Å². The molecule has 1 aliphatic heterocycles. The van der Waals surface area contributed by atoms with Crippen molar-refractivity contribution in [2.45, 2.75) is 52.0 Å². The summed E-state index contributed by atoms with van der Waals surface area (Å²) in [7, 11) is -1.50. The van der Waals surface area contributed by atoms with E-state index in [1.165, 1.54) is 32.5 Å². The molecule has 11 aromatic rings. The van der Waals surface area contributed by atoms with Crippen LogP contribution in [-0.2, 0) is 26.5 Å². The normalized spacial score (nSPS) is 13.7. The maximum Gasteiger partial charge on any atom is 3.00 e. The van der Waals surface area contributed by atoms with Crippen molar-refractivity contribution in [3.05, 3.63) is 240 Å². The van der Waals surface area contributed by atoms with Gasteiger partial charge in [-0.2, -0.15) is 18.2 Å². The third-order valence-corrected chi connectivity index (χ3v) is 15.1. The Morgan fingerprint density at radius 2 is 1.36 bits per heavy atom. The van der Waals surface area contributed by atoms with Crippen LogP contribution < -0.4 is 10.1 Å². The second-order valence-electron chi connectivity index (χ2n) is 18.9. The molecular formula is C63H52IrN3OSi. The number of furan rings is 1.